The molecular formula is C86H77N19O3. The van der Waals surface area contributed by atoms with Crippen LogP contribution in [0.1, 0.15) is 125 Å². The summed E-state index contributed by atoms with van der Waals surface area (Å²) in [6, 6.07) is 1.99. The van der Waals surface area contributed by atoms with Gasteiger partial charge < -0.3 is 44.6 Å². The average molecular weight is 1460 g/mol. The zero-order valence-corrected chi connectivity index (χ0v) is 57.9. The number of aromatic nitrogens is 13. The Hall–Kier alpha value is -14.4. The van der Waals surface area contributed by atoms with E-state index in [4.69, 9.17) is 43.9 Å². The van der Waals surface area contributed by atoms with E-state index in [-0.39, 0.29) is 158 Å². The van der Waals surface area contributed by atoms with Gasteiger partial charge in [-0.25, -0.2) is 34.9 Å². The van der Waals surface area contributed by atoms with E-state index in [1.54, 1.807) is 81.1 Å². The Bertz CT molecular complexity index is 7570. The second-order valence-electron chi connectivity index (χ2n) is 23.2. The molecule has 0 atom stereocenters. The Morgan fingerprint density at radius 1 is 0.417 bits per heavy atom. The van der Waals surface area contributed by atoms with Gasteiger partial charge in [-0.2, -0.15) is 0 Å². The fourth-order valence-corrected chi connectivity index (χ4v) is 9.76. The molecule has 0 bridgehead atoms. The summed E-state index contributed by atoms with van der Waals surface area (Å²) in [7, 11) is 0. The number of rotatable bonds is 15. The number of H-pyrrole nitrogens is 3. The number of anilines is 3. The fraction of sp³-hybridized carbons (Fsp3) is 0.105. The van der Waals surface area contributed by atoms with Gasteiger partial charge in [-0.1, -0.05) is 18.1 Å². The molecule has 15 aromatic rings. The van der Waals surface area contributed by atoms with Crippen molar-refractivity contribution >= 4 is 51.8 Å². The Kier molecular flexibility index (Phi) is 12.9. The number of nitrogens with one attached hydrogen (secondary N) is 6. The summed E-state index contributed by atoms with van der Waals surface area (Å²) in [5.74, 6) is -3.49. The molecule has 15 rings (SSSR count). The minimum atomic E-state index is -3.08. The number of hydrogen-bond donors (Lipinski definition) is 6. The number of amides is 3. The SMILES string of the molecule is [2H]c1nc(=Nc2c([2H])c(C(=O)Nc3c([2H])c(C)c([2H])c(-n4c([2H])cc(C)c4[2H])c3[2H])c([2H])c([2H])c2C)[nH]c(-c2cccnc2)c1[2H].[2H]c1nc(=Nc2c([2H])c(C(=O)Nc3c([2H])c(C)c([2H])c(-n4ccc(C)c4)c3[2H])c([2H])c([2H])c2C([2H])([2H])[2H])[nH]c(-c2cccnc2)c1[2H].[2H]c1nc(=Nc2c([2H])c(C(=O)Nc3c([2H])c(C)c([2H])c(-n4cnc(C)c4)c3[2H])c([2H])c([2H])c2C([2H])([2H])[2H])[nH]c(-c2cccnc2)c1[2H]. The molecule has 22 nitrogen and oxygen atoms in total. The van der Waals surface area contributed by atoms with E-state index in [1.165, 1.54) is 80.2 Å². The third-order valence-electron chi connectivity index (χ3n) is 14.8. The second-order valence-corrected chi connectivity index (χ2v) is 23.2. The summed E-state index contributed by atoms with van der Waals surface area (Å²) in [4.78, 5) is 89.9. The van der Waals surface area contributed by atoms with Gasteiger partial charge >= 0.3 is 0 Å². The van der Waals surface area contributed by atoms with Gasteiger partial charge in [-0.3, -0.25) is 29.3 Å². The number of carbonyl (C=O) groups excluding carboxylic acids is 3. The van der Waals surface area contributed by atoms with Gasteiger partial charge in [0.2, 0.25) is 16.9 Å². The van der Waals surface area contributed by atoms with Crippen molar-refractivity contribution in [1.82, 2.24) is 63.5 Å². The number of benzene rings is 6. The first-order chi connectivity index (χ1) is 65.7. The smallest absolute Gasteiger partial charge is 0.255 e. The van der Waals surface area contributed by atoms with Crippen molar-refractivity contribution in [2.45, 2.75) is 62.2 Å². The molecule has 9 aromatic heterocycles. The first-order valence-corrected chi connectivity index (χ1v) is 32.2. The summed E-state index contributed by atoms with van der Waals surface area (Å²) in [6.45, 7) is 4.75. The van der Waals surface area contributed by atoms with Gasteiger partial charge in [0.1, 0.15) is 0 Å². The Labute approximate surface area is 668 Å². The molecule has 3 amide bonds. The molecule has 6 N–H and O–H groups in total. The van der Waals surface area contributed by atoms with Gasteiger partial charge in [0.25, 0.3) is 17.7 Å². The van der Waals surface area contributed by atoms with E-state index in [0.717, 1.165) is 10.1 Å². The lowest BCUT2D eigenvalue weighted by Crippen LogP contribution is -2.14. The van der Waals surface area contributed by atoms with Crippen LogP contribution in [-0.2, 0) is 0 Å². The van der Waals surface area contributed by atoms with Crippen molar-refractivity contribution in [3.05, 3.63) is 352 Å². The monoisotopic (exact) mass is 1460 g/mol. The summed E-state index contributed by atoms with van der Waals surface area (Å²) in [5, 5.41) is 7.15. The van der Waals surface area contributed by atoms with Crippen molar-refractivity contribution in [1.29, 1.82) is 0 Å². The van der Waals surface area contributed by atoms with E-state index >= 15 is 0 Å². The largest absolute Gasteiger partial charge is 0.324 e. The van der Waals surface area contributed by atoms with Crippen molar-refractivity contribution in [3.8, 4) is 50.8 Å². The van der Waals surface area contributed by atoms with E-state index in [1.807, 2.05) is 6.92 Å². The highest BCUT2D eigenvalue weighted by atomic mass is 16.2. The first kappa shape index (κ1) is 42.4. The highest BCUT2D eigenvalue weighted by molar-refractivity contribution is 6.06. The average Bonchev–Trinajstić information content (AvgIpc) is 1.32. The Balaban J connectivity index is 0.000000177. The van der Waals surface area contributed by atoms with E-state index in [9.17, 15) is 14.4 Å². The van der Waals surface area contributed by atoms with Crippen LogP contribution in [0.15, 0.2) is 283 Å². The van der Waals surface area contributed by atoms with Crippen molar-refractivity contribution < 1.29 is 58.2 Å². The fourth-order valence-electron chi connectivity index (χ4n) is 9.76. The lowest BCUT2D eigenvalue weighted by Gasteiger charge is -2.11. The molecule has 0 aliphatic heterocycles. The molecule has 6 aromatic carbocycles. The Morgan fingerprint density at radius 2 is 0.824 bits per heavy atom. The van der Waals surface area contributed by atoms with Crippen LogP contribution in [-0.4, -0.2) is 81.3 Å². The first-order valence-electron chi connectivity index (χ1n) is 48.2. The van der Waals surface area contributed by atoms with Crippen LogP contribution < -0.4 is 32.8 Å². The third kappa shape index (κ3) is 18.5. The molecule has 0 fully saturated rings. The van der Waals surface area contributed by atoms with Gasteiger partial charge in [0, 0.05) is 162 Å². The predicted molar refractivity (Wildman–Crippen MR) is 422 cm³/mol. The molecule has 0 unspecified atom stereocenters. The zero-order chi connectivity index (χ0) is 103. The van der Waals surface area contributed by atoms with E-state index in [0.29, 0.717) is 27.9 Å². The molecule has 0 radical (unpaired) electrons. The number of imidazole rings is 1. The molecule has 0 spiro atoms. The number of aromatic amines is 3. The van der Waals surface area contributed by atoms with Crippen LogP contribution in [0, 0.1) is 62.2 Å². The quantitative estimate of drug-likeness (QED) is 0.0564. The highest BCUT2D eigenvalue weighted by Crippen LogP contribution is 2.28. The maximum atomic E-state index is 13.7. The van der Waals surface area contributed by atoms with E-state index in [2.05, 4.69) is 80.8 Å². The predicted octanol–water partition coefficient (Wildman–Crippen LogP) is 16.4. The Morgan fingerprint density at radius 3 is 1.19 bits per heavy atom. The normalized spacial score (nSPS) is 15.9. The van der Waals surface area contributed by atoms with Crippen LogP contribution >= 0.6 is 0 Å². The molecule has 22 heteroatoms. The molecule has 9 heterocycles. The van der Waals surface area contributed by atoms with Gasteiger partial charge in [0.15, 0.2) is 0 Å². The molecule has 0 aliphatic rings. The second kappa shape index (κ2) is 32.9. The minimum Gasteiger partial charge on any atom is -0.324 e. The lowest BCUT2D eigenvalue weighted by molar-refractivity contribution is 0.101. The molecule has 0 aliphatic carbocycles. The highest BCUT2D eigenvalue weighted by Gasteiger charge is 2.16. The minimum absolute atomic E-state index is 0.0104. The molecule has 534 valence electrons. The van der Waals surface area contributed by atoms with Crippen LogP contribution in [0.2, 0.25) is 0 Å². The maximum Gasteiger partial charge on any atom is 0.255 e. The summed E-state index contributed by atoms with van der Waals surface area (Å²) in [6.07, 6.45) is 13.2. The molecular weight excluding hydrogens is 1350 g/mol. The number of aryl methyl sites for hydroxylation is 3. The number of pyridine rings is 3. The topological polar surface area (TPSA) is 277 Å². The van der Waals surface area contributed by atoms with Gasteiger partial charge in [0.05, 0.1) is 81.8 Å². The zero-order valence-electron chi connectivity index (χ0n) is 89.9. The van der Waals surface area contributed by atoms with Gasteiger partial charge in [-0.15, -0.1) is 0 Å². The summed E-state index contributed by atoms with van der Waals surface area (Å²) in [5.41, 5.74) is -3.82. The van der Waals surface area contributed by atoms with Crippen LogP contribution in [0.3, 0.4) is 0 Å². The molecule has 0 saturated carbocycles. The molecule has 0 saturated heterocycles. The lowest BCUT2D eigenvalue weighted by atomic mass is 10.1. The van der Waals surface area contributed by atoms with Crippen LogP contribution in [0.25, 0.3) is 50.8 Å². The number of hydrogen-bond acceptors (Lipinski definition) is 13. The summed E-state index contributed by atoms with van der Waals surface area (Å²) < 4.78 is 273. The molecule has 108 heavy (non-hydrogen) atoms. The van der Waals surface area contributed by atoms with Gasteiger partial charge in [-0.05, 0) is 264 Å². The number of carbonyl (C=O) groups is 3. The van der Waals surface area contributed by atoms with E-state index < -0.39 is 167 Å². The standard InChI is InChI=1S/2C29H26N6O.C28H25N7O/c2*1-19-9-12-35(18-19)25-14-20(2)13-24(16-25)32-28(36)22-7-6-21(3)27(15-22)34-29-31-11-8-26(33-29)23-5-4-10-30-17-23;1-18-11-23(14-24(12-18)35-16-20(3)31-17-35)32-27(36)21-7-6-19(2)26(13-21)34-28-30-10-8-25(33-28)22-5-4-9-29-15-22/h2*4-18H,1-3H3,(H,32,36)(H,31,33,34);4-17H,1-3H3,(H,32,36)(H,30,33,34)/i6D,7D,8D,11D,12D,13D,14D,15D,16D,18D;3D3,6D,7D,8D,11D,13D,14D,15D,16D;2D3,6D,7D,8D,10D,11D,12D,13D,14D. The van der Waals surface area contributed by atoms with Crippen molar-refractivity contribution in [2.75, 3.05) is 16.0 Å². The van der Waals surface area contributed by atoms with Crippen LogP contribution in [0.4, 0.5) is 34.1 Å². The maximum absolute atomic E-state index is 13.7. The number of nitrogens with zero attached hydrogens (tertiary/aromatic N) is 13. The summed E-state index contributed by atoms with van der Waals surface area (Å²) >= 11 is 0. The van der Waals surface area contributed by atoms with Crippen molar-refractivity contribution in [3.63, 3.8) is 0 Å². The van der Waals surface area contributed by atoms with Crippen LogP contribution in [0.5, 0.6) is 0 Å². The van der Waals surface area contributed by atoms with Crippen molar-refractivity contribution in [2.24, 2.45) is 15.0 Å². The third-order valence-corrected chi connectivity index (χ3v) is 14.8.